The molecule has 1 aliphatic rings. The average molecular weight is 800 g/mol. The predicted octanol–water partition coefficient (Wildman–Crippen LogP) is 8.08. The van der Waals surface area contributed by atoms with E-state index in [0.29, 0.717) is 0 Å². The molecule has 10 heteroatoms. The Morgan fingerprint density at radius 2 is 1.09 bits per heavy atom. The molecule has 0 spiro atoms. The van der Waals surface area contributed by atoms with Crippen molar-refractivity contribution in [3.05, 3.63) is 127 Å². The zero-order valence-corrected chi connectivity index (χ0v) is 31.2. The molecule has 1 fully saturated rings. The SMILES string of the molecule is ClCCl.[Cl][Ru][Cl].c1ccc(CSCCNCCN2CCOCC2)cc1.c1ccc(P(c2ccccc2)c2ccccc2)cc1. The summed E-state index contributed by atoms with van der Waals surface area (Å²) in [6, 6.07) is 43.0. The third kappa shape index (κ3) is 17.9. The molecule has 0 bridgehead atoms. The van der Waals surface area contributed by atoms with Crippen molar-refractivity contribution >= 4 is 78.2 Å². The number of benzene rings is 4. The smallest absolute Gasteiger partial charge is 0.0594 e. The van der Waals surface area contributed by atoms with Crippen LogP contribution in [0.4, 0.5) is 0 Å². The fourth-order valence-corrected chi connectivity index (χ4v) is 7.44. The van der Waals surface area contributed by atoms with Crippen molar-refractivity contribution in [2.24, 2.45) is 0 Å². The quantitative estimate of drug-likeness (QED) is 0.0719. The molecule has 240 valence electrons. The Kier molecular flexibility index (Phi) is 24.6. The van der Waals surface area contributed by atoms with Crippen LogP contribution in [-0.4, -0.2) is 61.9 Å². The third-order valence-electron chi connectivity index (χ3n) is 6.29. The molecule has 0 amide bonds. The minimum absolute atomic E-state index is 0.194. The van der Waals surface area contributed by atoms with Gasteiger partial charge in [0.1, 0.15) is 0 Å². The molecule has 0 radical (unpaired) electrons. The van der Waals surface area contributed by atoms with E-state index >= 15 is 0 Å². The van der Waals surface area contributed by atoms with E-state index < -0.39 is 7.92 Å². The van der Waals surface area contributed by atoms with Gasteiger partial charge >= 0.3 is 34.5 Å². The van der Waals surface area contributed by atoms with Gasteiger partial charge in [0.05, 0.1) is 18.6 Å². The fraction of sp³-hybridized carbons (Fsp3) is 0.294. The van der Waals surface area contributed by atoms with Crippen LogP contribution in [0.3, 0.4) is 0 Å². The molecule has 0 atom stereocenters. The van der Waals surface area contributed by atoms with Crippen LogP contribution in [0.1, 0.15) is 5.56 Å². The molecule has 1 saturated heterocycles. The topological polar surface area (TPSA) is 24.5 Å². The van der Waals surface area contributed by atoms with E-state index in [4.69, 9.17) is 47.3 Å². The molecule has 0 aliphatic carbocycles. The van der Waals surface area contributed by atoms with Crippen LogP contribution in [0.15, 0.2) is 121 Å². The average Bonchev–Trinajstić information content (AvgIpc) is 3.08. The molecule has 44 heavy (non-hydrogen) atoms. The Hall–Kier alpha value is -0.677. The number of nitrogens with zero attached hydrogens (tertiary/aromatic N) is 1. The van der Waals surface area contributed by atoms with Crippen LogP contribution >= 0.6 is 62.3 Å². The first-order valence-electron chi connectivity index (χ1n) is 14.3. The summed E-state index contributed by atoms with van der Waals surface area (Å²) in [6.45, 7) is 7.30. The van der Waals surface area contributed by atoms with Gasteiger partial charge in [-0.25, -0.2) is 0 Å². The summed E-state index contributed by atoms with van der Waals surface area (Å²) in [5.41, 5.74) is 1.42. The zero-order chi connectivity index (χ0) is 31.5. The minimum atomic E-state index is -0.446. The Bertz CT molecular complexity index is 1090. The number of thioether (sulfide) groups is 1. The van der Waals surface area contributed by atoms with Crippen molar-refractivity contribution in [1.29, 1.82) is 0 Å². The molecule has 3 nitrogen and oxygen atoms in total. The van der Waals surface area contributed by atoms with Crippen molar-refractivity contribution < 1.29 is 19.9 Å². The second kappa shape index (κ2) is 27.4. The van der Waals surface area contributed by atoms with E-state index in [0.717, 1.165) is 51.7 Å². The van der Waals surface area contributed by atoms with Gasteiger partial charge in [-0.1, -0.05) is 121 Å². The number of halogens is 4. The zero-order valence-electron chi connectivity index (χ0n) is 24.7. The van der Waals surface area contributed by atoms with E-state index in [1.807, 2.05) is 11.8 Å². The van der Waals surface area contributed by atoms with Crippen LogP contribution in [-0.2, 0) is 25.6 Å². The summed E-state index contributed by atoms with van der Waals surface area (Å²) in [5, 5.41) is 7.90. The van der Waals surface area contributed by atoms with Gasteiger partial charge in [-0.15, -0.1) is 23.2 Å². The van der Waals surface area contributed by atoms with E-state index in [2.05, 4.69) is 132 Å². The normalized spacial score (nSPS) is 12.7. The molecule has 0 aromatic heterocycles. The van der Waals surface area contributed by atoms with Gasteiger partial charge in [0.2, 0.25) is 0 Å². The van der Waals surface area contributed by atoms with E-state index in [1.54, 1.807) is 0 Å². The van der Waals surface area contributed by atoms with Gasteiger partial charge in [0.25, 0.3) is 0 Å². The first kappa shape index (κ1) is 39.5. The molecule has 1 N–H and O–H groups in total. The summed E-state index contributed by atoms with van der Waals surface area (Å²) >= 11 is 11.2. The number of hydrogen-bond donors (Lipinski definition) is 1. The molecular weight excluding hydrogens is 758 g/mol. The van der Waals surface area contributed by atoms with Crippen molar-refractivity contribution in [2.75, 3.05) is 57.0 Å². The molecule has 1 heterocycles. The van der Waals surface area contributed by atoms with Crippen LogP contribution in [0, 0.1) is 0 Å². The maximum Gasteiger partial charge on any atom is 0.0594 e. The van der Waals surface area contributed by atoms with Crippen LogP contribution < -0.4 is 21.2 Å². The summed E-state index contributed by atoms with van der Waals surface area (Å²) in [5.74, 6) is 2.30. The number of alkyl halides is 2. The maximum atomic E-state index is 5.34. The number of hydrogen-bond acceptors (Lipinski definition) is 4. The molecule has 0 unspecified atom stereocenters. The number of nitrogens with one attached hydrogen (secondary N) is 1. The second-order valence-electron chi connectivity index (χ2n) is 9.24. The minimum Gasteiger partial charge on any atom is -0.379 e. The maximum absolute atomic E-state index is 5.34. The Morgan fingerprint density at radius 3 is 1.52 bits per heavy atom. The summed E-state index contributed by atoms with van der Waals surface area (Å²) in [6.07, 6.45) is 0. The van der Waals surface area contributed by atoms with Crippen molar-refractivity contribution in [2.45, 2.75) is 5.75 Å². The summed E-state index contributed by atoms with van der Waals surface area (Å²) in [4.78, 5) is 2.47. The van der Waals surface area contributed by atoms with Crippen molar-refractivity contribution in [1.82, 2.24) is 10.2 Å². The Labute approximate surface area is 295 Å². The number of ether oxygens (including phenoxy) is 1. The predicted molar refractivity (Wildman–Crippen MR) is 196 cm³/mol. The van der Waals surface area contributed by atoms with Gasteiger partial charge < -0.3 is 10.1 Å². The number of morpholine rings is 1. The number of rotatable bonds is 11. The molecule has 4 aromatic rings. The standard InChI is InChI=1S/C18H15P.C15H24N2OS.CH2Cl2.2ClH.Ru/c1-4-10-16(11-5-1)19(17-12-6-2-7-13-17)18-14-8-3-9-15-18;1-2-4-15(5-3-1)14-19-13-7-16-6-8-17-9-11-18-12-10-17;2-1-3;;;/h1-15H;1-5,16H,6-14H2;1H2;2*1H;/q;;;;;+2/p-2. The van der Waals surface area contributed by atoms with Gasteiger partial charge in [-0.3, -0.25) is 4.90 Å². The van der Waals surface area contributed by atoms with Crippen LogP contribution in [0.25, 0.3) is 0 Å². The molecule has 0 saturated carbocycles. The van der Waals surface area contributed by atoms with Gasteiger partial charge in [0, 0.05) is 44.2 Å². The monoisotopic (exact) mass is 798 g/mol. The van der Waals surface area contributed by atoms with E-state index in [9.17, 15) is 0 Å². The molecule has 5 rings (SSSR count). The van der Waals surface area contributed by atoms with Gasteiger partial charge in [-0.05, 0) is 29.4 Å². The van der Waals surface area contributed by atoms with E-state index in [-0.39, 0.29) is 20.5 Å². The van der Waals surface area contributed by atoms with Gasteiger partial charge in [0.15, 0.2) is 0 Å². The molecule has 4 aromatic carbocycles. The van der Waals surface area contributed by atoms with Crippen LogP contribution in [0.5, 0.6) is 0 Å². The third-order valence-corrected chi connectivity index (χ3v) is 9.76. The Morgan fingerprint density at radius 1 is 0.682 bits per heavy atom. The summed E-state index contributed by atoms with van der Waals surface area (Å²) < 4.78 is 5.34. The van der Waals surface area contributed by atoms with Crippen molar-refractivity contribution in [3.63, 3.8) is 0 Å². The largest absolute Gasteiger partial charge is 0.379 e. The molecular formula is C34H41Cl4N2OPRuS. The van der Waals surface area contributed by atoms with Crippen molar-refractivity contribution in [3.8, 4) is 0 Å². The van der Waals surface area contributed by atoms with Gasteiger partial charge in [-0.2, -0.15) is 11.8 Å². The van der Waals surface area contributed by atoms with Crippen LogP contribution in [0.2, 0.25) is 0 Å². The summed E-state index contributed by atoms with van der Waals surface area (Å²) in [7, 11) is 9.26. The molecule has 1 aliphatic heterocycles. The van der Waals surface area contributed by atoms with E-state index in [1.165, 1.54) is 27.2 Å². The first-order chi connectivity index (χ1) is 21.7. The first-order valence-corrected chi connectivity index (χ1v) is 22.3. The second-order valence-corrected chi connectivity index (χ2v) is 16.0. The fourth-order valence-electron chi connectivity index (χ4n) is 4.27. The Balaban J connectivity index is 0.000000261.